The summed E-state index contributed by atoms with van der Waals surface area (Å²) < 4.78 is 10.3. The third-order valence-corrected chi connectivity index (χ3v) is 6.17. The molecule has 2 atom stereocenters. The van der Waals surface area contributed by atoms with Gasteiger partial charge in [-0.25, -0.2) is 9.59 Å². The Hall–Kier alpha value is -3.62. The molecular weight excluding hydrogens is 426 g/mol. The lowest BCUT2D eigenvalue weighted by Gasteiger charge is -2.27. The molecule has 2 aromatic rings. The van der Waals surface area contributed by atoms with Gasteiger partial charge in [-0.2, -0.15) is 0 Å². The number of aromatic nitrogens is 1. The topological polar surface area (TPSA) is 118 Å². The summed E-state index contributed by atoms with van der Waals surface area (Å²) in [7, 11) is 1.54. The van der Waals surface area contributed by atoms with Gasteiger partial charge in [-0.15, -0.1) is 0 Å². The van der Waals surface area contributed by atoms with Gasteiger partial charge in [0, 0.05) is 5.69 Å². The molecule has 1 fully saturated rings. The van der Waals surface area contributed by atoms with Gasteiger partial charge in [-0.05, 0) is 57.4 Å². The van der Waals surface area contributed by atoms with E-state index in [0.29, 0.717) is 29.0 Å². The predicted octanol–water partition coefficient (Wildman–Crippen LogP) is 3.25. The van der Waals surface area contributed by atoms with Crippen molar-refractivity contribution < 1.29 is 28.7 Å². The first kappa shape index (κ1) is 24.0. The Labute approximate surface area is 192 Å². The number of imide groups is 1. The van der Waals surface area contributed by atoms with Gasteiger partial charge >= 0.3 is 12.0 Å². The molecule has 0 aliphatic carbocycles. The summed E-state index contributed by atoms with van der Waals surface area (Å²) in [6, 6.07) is 5.14. The van der Waals surface area contributed by atoms with Crippen LogP contribution in [0.1, 0.15) is 64.9 Å². The van der Waals surface area contributed by atoms with E-state index in [9.17, 15) is 19.2 Å². The van der Waals surface area contributed by atoms with E-state index in [4.69, 9.17) is 9.47 Å². The second-order valence-corrected chi connectivity index (χ2v) is 7.98. The highest BCUT2D eigenvalue weighted by Gasteiger charge is 2.53. The second-order valence-electron chi connectivity index (χ2n) is 7.98. The van der Waals surface area contributed by atoms with Crippen molar-refractivity contribution in [1.82, 2.24) is 15.2 Å². The van der Waals surface area contributed by atoms with Crippen molar-refractivity contribution in [2.75, 3.05) is 13.7 Å². The van der Waals surface area contributed by atoms with Crippen LogP contribution in [0, 0.1) is 13.8 Å². The number of hydrogen-bond donors (Lipinski definition) is 2. The van der Waals surface area contributed by atoms with Crippen LogP contribution in [-0.4, -0.2) is 53.3 Å². The number of Topliss-reactive ketones (excluding diaryl/α,β-unsaturated/α-hetero) is 1. The number of methoxy groups -OCH3 is 1. The fourth-order valence-electron chi connectivity index (χ4n) is 4.29. The lowest BCUT2D eigenvalue weighted by atomic mass is 9.87. The van der Waals surface area contributed by atoms with Crippen LogP contribution in [0.4, 0.5) is 4.79 Å². The molecule has 2 heterocycles. The van der Waals surface area contributed by atoms with E-state index in [0.717, 1.165) is 4.90 Å². The Morgan fingerprint density at radius 2 is 1.76 bits per heavy atom. The lowest BCUT2D eigenvalue weighted by molar-refractivity contribution is -0.132. The summed E-state index contributed by atoms with van der Waals surface area (Å²) in [5.74, 6) is -0.893. The normalized spacial score (nSPS) is 18.8. The Bertz CT molecular complexity index is 1100. The summed E-state index contributed by atoms with van der Waals surface area (Å²) in [6.45, 7) is 8.50. The van der Waals surface area contributed by atoms with E-state index in [1.165, 1.54) is 6.92 Å². The molecule has 0 spiro atoms. The van der Waals surface area contributed by atoms with Crippen molar-refractivity contribution in [3.05, 3.63) is 52.3 Å². The molecule has 1 aliphatic heterocycles. The van der Waals surface area contributed by atoms with Gasteiger partial charge < -0.3 is 19.8 Å². The molecular formula is C24H29N3O6. The van der Waals surface area contributed by atoms with Gasteiger partial charge in [0.25, 0.3) is 5.91 Å². The number of aromatic amines is 1. The Kier molecular flexibility index (Phi) is 6.62. The van der Waals surface area contributed by atoms with E-state index in [2.05, 4.69) is 10.3 Å². The number of nitrogens with one attached hydrogen (secondary N) is 2. The first-order valence-electron chi connectivity index (χ1n) is 10.8. The Morgan fingerprint density at radius 3 is 2.30 bits per heavy atom. The van der Waals surface area contributed by atoms with Crippen molar-refractivity contribution in [2.45, 2.75) is 52.6 Å². The second kappa shape index (κ2) is 9.09. The molecule has 0 saturated carbocycles. The average molecular weight is 456 g/mol. The van der Waals surface area contributed by atoms with E-state index in [1.807, 2.05) is 0 Å². The molecule has 1 aromatic heterocycles. The SMILES string of the molecule is CCOC(=O)c1c(C)[nH]c(C(=O)[C@@H](C)N2C(=O)N[C@](CC)(c3ccc(OC)cc3)C2=O)c1C. The summed E-state index contributed by atoms with van der Waals surface area (Å²) in [4.78, 5) is 56.0. The molecule has 9 heteroatoms. The molecule has 1 aromatic carbocycles. The molecule has 1 aliphatic rings. The van der Waals surface area contributed by atoms with Gasteiger partial charge in [0.2, 0.25) is 5.78 Å². The van der Waals surface area contributed by atoms with Crippen LogP contribution in [0.15, 0.2) is 24.3 Å². The maximum absolute atomic E-state index is 13.5. The van der Waals surface area contributed by atoms with Crippen molar-refractivity contribution >= 4 is 23.7 Å². The van der Waals surface area contributed by atoms with Crippen LogP contribution in [0.3, 0.4) is 0 Å². The van der Waals surface area contributed by atoms with Crippen LogP contribution in [0.2, 0.25) is 0 Å². The summed E-state index contributed by atoms with van der Waals surface area (Å²) >= 11 is 0. The zero-order chi connectivity index (χ0) is 24.5. The molecule has 0 radical (unpaired) electrons. The van der Waals surface area contributed by atoms with Gasteiger partial charge in [-0.3, -0.25) is 14.5 Å². The number of carbonyl (C=O) groups is 4. The largest absolute Gasteiger partial charge is 0.497 e. The van der Waals surface area contributed by atoms with Crippen molar-refractivity contribution in [2.24, 2.45) is 0 Å². The third kappa shape index (κ3) is 3.88. The molecule has 2 N–H and O–H groups in total. The number of ketones is 1. The molecule has 3 amide bonds. The van der Waals surface area contributed by atoms with E-state index >= 15 is 0 Å². The predicted molar refractivity (Wildman–Crippen MR) is 120 cm³/mol. The van der Waals surface area contributed by atoms with Gasteiger partial charge in [0.15, 0.2) is 0 Å². The maximum atomic E-state index is 13.5. The van der Waals surface area contributed by atoms with Gasteiger partial charge in [0.1, 0.15) is 17.3 Å². The number of aryl methyl sites for hydroxylation is 1. The number of benzene rings is 1. The van der Waals surface area contributed by atoms with Crippen molar-refractivity contribution in [3.8, 4) is 5.75 Å². The highest BCUT2D eigenvalue weighted by Crippen LogP contribution is 2.35. The zero-order valence-electron chi connectivity index (χ0n) is 19.7. The number of esters is 1. The molecule has 1 saturated heterocycles. The minimum Gasteiger partial charge on any atom is -0.497 e. The minimum absolute atomic E-state index is 0.169. The van der Waals surface area contributed by atoms with E-state index < -0.39 is 35.3 Å². The molecule has 33 heavy (non-hydrogen) atoms. The Balaban J connectivity index is 1.94. The molecule has 3 rings (SSSR count). The van der Waals surface area contributed by atoms with Crippen molar-refractivity contribution in [1.29, 1.82) is 0 Å². The minimum atomic E-state index is -1.28. The number of urea groups is 1. The first-order valence-corrected chi connectivity index (χ1v) is 10.8. The van der Waals surface area contributed by atoms with Crippen LogP contribution < -0.4 is 10.1 Å². The standard InChI is InChI=1S/C24H29N3O6/c1-7-24(16-9-11-17(32-6)12-10-16)22(30)27(23(31)26-24)15(5)20(28)19-13(3)18(14(4)25-19)21(29)33-8-2/h9-12,15,25H,7-8H2,1-6H3,(H,26,31)/t15-,24-/m1/s1. The average Bonchev–Trinajstić information content (AvgIpc) is 3.24. The maximum Gasteiger partial charge on any atom is 0.340 e. The Morgan fingerprint density at radius 1 is 1.12 bits per heavy atom. The number of rotatable bonds is 8. The van der Waals surface area contributed by atoms with Crippen LogP contribution >= 0.6 is 0 Å². The van der Waals surface area contributed by atoms with Crippen LogP contribution in [-0.2, 0) is 15.1 Å². The zero-order valence-corrected chi connectivity index (χ0v) is 19.7. The van der Waals surface area contributed by atoms with Gasteiger partial charge in [-0.1, -0.05) is 19.1 Å². The quantitative estimate of drug-likeness (QED) is 0.358. The van der Waals surface area contributed by atoms with Crippen LogP contribution in [0.5, 0.6) is 5.75 Å². The highest BCUT2D eigenvalue weighted by atomic mass is 16.5. The monoisotopic (exact) mass is 455 g/mol. The number of amides is 3. The summed E-state index contributed by atoms with van der Waals surface area (Å²) in [5.41, 5.74) is 0.677. The molecule has 176 valence electrons. The van der Waals surface area contributed by atoms with Gasteiger partial charge in [0.05, 0.1) is 25.0 Å². The highest BCUT2D eigenvalue weighted by molar-refractivity contribution is 6.13. The smallest absolute Gasteiger partial charge is 0.340 e. The van der Waals surface area contributed by atoms with E-state index in [-0.39, 0.29) is 17.9 Å². The number of hydrogen-bond acceptors (Lipinski definition) is 6. The third-order valence-electron chi connectivity index (χ3n) is 6.17. The number of carbonyl (C=O) groups excluding carboxylic acids is 4. The number of nitrogens with zero attached hydrogens (tertiary/aromatic N) is 1. The molecule has 0 unspecified atom stereocenters. The number of H-pyrrole nitrogens is 1. The summed E-state index contributed by atoms with van der Waals surface area (Å²) in [5, 5.41) is 2.78. The number of ether oxygens (including phenoxy) is 2. The fraction of sp³-hybridized carbons (Fsp3) is 0.417. The molecule has 9 nitrogen and oxygen atoms in total. The van der Waals surface area contributed by atoms with Crippen molar-refractivity contribution in [3.63, 3.8) is 0 Å². The lowest BCUT2D eigenvalue weighted by Crippen LogP contribution is -2.46. The molecule has 0 bridgehead atoms. The fourth-order valence-corrected chi connectivity index (χ4v) is 4.29. The first-order chi connectivity index (χ1) is 15.6. The summed E-state index contributed by atoms with van der Waals surface area (Å²) in [6.07, 6.45) is 0.301. The van der Waals surface area contributed by atoms with E-state index in [1.54, 1.807) is 59.1 Å². The van der Waals surface area contributed by atoms with Crippen LogP contribution in [0.25, 0.3) is 0 Å².